The van der Waals surface area contributed by atoms with Gasteiger partial charge in [0.2, 0.25) is 0 Å². The van der Waals surface area contributed by atoms with E-state index in [4.69, 9.17) is 9.47 Å². The van der Waals surface area contributed by atoms with Crippen molar-refractivity contribution in [1.82, 2.24) is 9.88 Å². The standard InChI is InChI=1S/C16H20N2O3/c1-20-15-9-18(10-16(15)21-2)8-14(19)12-7-17-13-6-4-3-5-11(12)13/h3-7,15-17H,8-10H2,1-2H3. The van der Waals surface area contributed by atoms with Crippen molar-refractivity contribution in [2.75, 3.05) is 33.9 Å². The molecule has 0 bridgehead atoms. The molecule has 1 fully saturated rings. The Morgan fingerprint density at radius 1 is 1.24 bits per heavy atom. The summed E-state index contributed by atoms with van der Waals surface area (Å²) in [6.07, 6.45) is 1.86. The molecule has 1 aromatic carbocycles. The lowest BCUT2D eigenvalue weighted by Gasteiger charge is -2.13. The van der Waals surface area contributed by atoms with Crippen LogP contribution in [0.2, 0.25) is 0 Å². The van der Waals surface area contributed by atoms with Crippen molar-refractivity contribution in [1.29, 1.82) is 0 Å². The second kappa shape index (κ2) is 5.97. The lowest BCUT2D eigenvalue weighted by atomic mass is 10.1. The number of aromatic nitrogens is 1. The molecule has 0 aliphatic carbocycles. The second-order valence-electron chi connectivity index (χ2n) is 5.41. The van der Waals surface area contributed by atoms with Gasteiger partial charge in [-0.2, -0.15) is 0 Å². The average molecular weight is 288 g/mol. The number of benzene rings is 1. The van der Waals surface area contributed by atoms with E-state index in [1.165, 1.54) is 0 Å². The predicted octanol–water partition coefficient (Wildman–Crippen LogP) is 1.70. The Bertz CT molecular complexity index is 625. The molecule has 2 heterocycles. The highest BCUT2D eigenvalue weighted by molar-refractivity contribution is 6.08. The molecule has 2 aromatic rings. The number of aromatic amines is 1. The predicted molar refractivity (Wildman–Crippen MR) is 80.7 cm³/mol. The molecule has 5 heteroatoms. The smallest absolute Gasteiger partial charge is 0.178 e. The average Bonchev–Trinajstić information content (AvgIpc) is 3.10. The number of H-pyrrole nitrogens is 1. The first-order valence-corrected chi connectivity index (χ1v) is 7.10. The summed E-state index contributed by atoms with van der Waals surface area (Å²) in [6, 6.07) is 7.85. The number of methoxy groups -OCH3 is 2. The molecule has 1 aromatic heterocycles. The minimum Gasteiger partial charge on any atom is -0.377 e. The van der Waals surface area contributed by atoms with Gasteiger partial charge in [0.25, 0.3) is 0 Å². The van der Waals surface area contributed by atoms with E-state index in [0.717, 1.165) is 29.6 Å². The number of fused-ring (bicyclic) bond motifs is 1. The third-order valence-corrected chi connectivity index (χ3v) is 4.15. The first kappa shape index (κ1) is 14.3. The highest BCUT2D eigenvalue weighted by atomic mass is 16.5. The van der Waals surface area contributed by atoms with Crippen molar-refractivity contribution in [3.8, 4) is 0 Å². The monoisotopic (exact) mass is 288 g/mol. The topological polar surface area (TPSA) is 54.6 Å². The van der Waals surface area contributed by atoms with Crippen molar-refractivity contribution < 1.29 is 14.3 Å². The summed E-state index contributed by atoms with van der Waals surface area (Å²) in [5, 5.41) is 0.980. The lowest BCUT2D eigenvalue weighted by Crippen LogP contribution is -2.29. The Kier molecular flexibility index (Phi) is 4.05. The van der Waals surface area contributed by atoms with Gasteiger partial charge in [-0.3, -0.25) is 9.69 Å². The molecule has 0 saturated carbocycles. The Hall–Kier alpha value is -1.69. The SMILES string of the molecule is COC1CN(CC(=O)c2c[nH]c3ccccc23)CC1OC. The molecular weight excluding hydrogens is 268 g/mol. The van der Waals surface area contributed by atoms with Gasteiger partial charge in [0.1, 0.15) is 0 Å². The third kappa shape index (κ3) is 2.72. The fourth-order valence-corrected chi connectivity index (χ4v) is 2.99. The van der Waals surface area contributed by atoms with Crippen LogP contribution < -0.4 is 0 Å². The largest absolute Gasteiger partial charge is 0.377 e. The molecular formula is C16H20N2O3. The molecule has 112 valence electrons. The zero-order valence-corrected chi connectivity index (χ0v) is 12.3. The minimum atomic E-state index is 0.0331. The highest BCUT2D eigenvalue weighted by Gasteiger charge is 2.33. The Balaban J connectivity index is 1.72. The number of carbonyl (C=O) groups is 1. The maximum absolute atomic E-state index is 12.5. The van der Waals surface area contributed by atoms with Gasteiger partial charge in [0.15, 0.2) is 5.78 Å². The van der Waals surface area contributed by atoms with Crippen LogP contribution in [0.5, 0.6) is 0 Å². The molecule has 0 spiro atoms. The van der Waals surface area contributed by atoms with E-state index in [1.807, 2.05) is 24.3 Å². The van der Waals surface area contributed by atoms with E-state index < -0.39 is 0 Å². The van der Waals surface area contributed by atoms with E-state index in [9.17, 15) is 4.79 Å². The number of ketones is 1. The van der Waals surface area contributed by atoms with E-state index in [2.05, 4.69) is 9.88 Å². The number of nitrogens with one attached hydrogen (secondary N) is 1. The summed E-state index contributed by atoms with van der Waals surface area (Å²) in [5.74, 6) is 0.124. The molecule has 0 radical (unpaired) electrons. The van der Waals surface area contributed by atoms with E-state index in [0.29, 0.717) is 6.54 Å². The Morgan fingerprint density at radius 3 is 2.57 bits per heavy atom. The summed E-state index contributed by atoms with van der Waals surface area (Å²) < 4.78 is 10.8. The molecule has 1 aliphatic heterocycles. The van der Waals surface area contributed by atoms with Gasteiger partial charge >= 0.3 is 0 Å². The maximum atomic E-state index is 12.5. The van der Waals surface area contributed by atoms with Gasteiger partial charge in [-0.1, -0.05) is 18.2 Å². The first-order chi connectivity index (χ1) is 10.2. The number of Topliss-reactive ketones (excluding diaryl/α,β-unsaturated/α-hetero) is 1. The fourth-order valence-electron chi connectivity index (χ4n) is 2.99. The fraction of sp³-hybridized carbons (Fsp3) is 0.438. The number of ether oxygens (including phenoxy) is 2. The summed E-state index contributed by atoms with van der Waals surface area (Å²) in [5.41, 5.74) is 1.74. The second-order valence-corrected chi connectivity index (χ2v) is 5.41. The van der Waals surface area contributed by atoms with Gasteiger partial charge in [-0.05, 0) is 6.07 Å². The highest BCUT2D eigenvalue weighted by Crippen LogP contribution is 2.20. The first-order valence-electron chi connectivity index (χ1n) is 7.10. The molecule has 1 aliphatic rings. The van der Waals surface area contributed by atoms with Crippen LogP contribution in [-0.4, -0.2) is 61.7 Å². The lowest BCUT2D eigenvalue weighted by molar-refractivity contribution is -0.00461. The van der Waals surface area contributed by atoms with Crippen molar-refractivity contribution in [2.45, 2.75) is 12.2 Å². The molecule has 2 atom stereocenters. The summed E-state index contributed by atoms with van der Waals surface area (Å²) >= 11 is 0. The Labute approximate surface area is 123 Å². The minimum absolute atomic E-state index is 0.0331. The van der Waals surface area contributed by atoms with Crippen LogP contribution in [0.25, 0.3) is 10.9 Å². The van der Waals surface area contributed by atoms with Crippen LogP contribution in [0.1, 0.15) is 10.4 Å². The quantitative estimate of drug-likeness (QED) is 0.851. The number of rotatable bonds is 5. The number of para-hydroxylation sites is 1. The van der Waals surface area contributed by atoms with Crippen LogP contribution in [0.3, 0.4) is 0 Å². The number of hydrogen-bond donors (Lipinski definition) is 1. The van der Waals surface area contributed by atoms with Gasteiger partial charge in [-0.25, -0.2) is 0 Å². The molecule has 5 nitrogen and oxygen atoms in total. The summed E-state index contributed by atoms with van der Waals surface area (Å²) in [7, 11) is 3.36. The molecule has 1 N–H and O–H groups in total. The molecule has 3 rings (SSSR count). The van der Waals surface area contributed by atoms with Crippen LogP contribution in [0, 0.1) is 0 Å². The van der Waals surface area contributed by atoms with E-state index in [1.54, 1.807) is 20.4 Å². The van der Waals surface area contributed by atoms with Gasteiger partial charge in [0, 0.05) is 50.0 Å². The zero-order valence-electron chi connectivity index (χ0n) is 12.3. The van der Waals surface area contributed by atoms with Crippen molar-refractivity contribution >= 4 is 16.7 Å². The van der Waals surface area contributed by atoms with Crippen molar-refractivity contribution in [3.05, 3.63) is 36.0 Å². The van der Waals surface area contributed by atoms with E-state index >= 15 is 0 Å². The molecule has 21 heavy (non-hydrogen) atoms. The van der Waals surface area contributed by atoms with Crippen LogP contribution in [0.15, 0.2) is 30.5 Å². The number of nitrogens with zero attached hydrogens (tertiary/aromatic N) is 1. The number of carbonyl (C=O) groups excluding carboxylic acids is 1. The zero-order chi connectivity index (χ0) is 14.8. The normalized spacial score (nSPS) is 23.0. The number of likely N-dealkylation sites (tertiary alicyclic amines) is 1. The number of hydrogen-bond acceptors (Lipinski definition) is 4. The molecule has 2 unspecified atom stereocenters. The maximum Gasteiger partial charge on any atom is 0.178 e. The summed E-state index contributed by atoms with van der Waals surface area (Å²) in [6.45, 7) is 1.84. The van der Waals surface area contributed by atoms with E-state index in [-0.39, 0.29) is 18.0 Å². The molecule has 0 amide bonds. The molecule has 1 saturated heterocycles. The Morgan fingerprint density at radius 2 is 1.90 bits per heavy atom. The van der Waals surface area contributed by atoms with Crippen molar-refractivity contribution in [3.63, 3.8) is 0 Å². The third-order valence-electron chi connectivity index (χ3n) is 4.15. The van der Waals surface area contributed by atoms with Crippen molar-refractivity contribution in [2.24, 2.45) is 0 Å². The van der Waals surface area contributed by atoms with Gasteiger partial charge in [0.05, 0.1) is 18.8 Å². The van der Waals surface area contributed by atoms with Crippen LogP contribution >= 0.6 is 0 Å². The summed E-state index contributed by atoms with van der Waals surface area (Å²) in [4.78, 5) is 17.8. The van der Waals surface area contributed by atoms with Gasteiger partial charge < -0.3 is 14.5 Å². The van der Waals surface area contributed by atoms with Gasteiger partial charge in [-0.15, -0.1) is 0 Å². The van der Waals surface area contributed by atoms with Crippen LogP contribution in [-0.2, 0) is 9.47 Å². The van der Waals surface area contributed by atoms with Crippen LogP contribution in [0.4, 0.5) is 0 Å².